The third-order valence-corrected chi connectivity index (χ3v) is 6.12. The van der Waals surface area contributed by atoms with Gasteiger partial charge < -0.3 is 52.1 Å². The van der Waals surface area contributed by atoms with Crippen LogP contribution in [0.1, 0.15) is 48.5 Å². The van der Waals surface area contributed by atoms with Crippen LogP contribution in [0.15, 0.2) is 0 Å². The van der Waals surface area contributed by atoms with E-state index in [4.69, 9.17) is 52.1 Å². The molecule has 2 heterocycles. The first-order valence-corrected chi connectivity index (χ1v) is 13.7. The molecule has 0 bridgehead atoms. The molecule has 18 nitrogen and oxygen atoms in total. The number of carbonyl (C=O) groups is 7. The quantitative estimate of drug-likeness (QED) is 0.187. The molecule has 0 aromatic rings. The second-order valence-electron chi connectivity index (χ2n) is 9.90. The van der Waals surface area contributed by atoms with Gasteiger partial charge in [-0.3, -0.25) is 33.6 Å². The highest BCUT2D eigenvalue weighted by Crippen LogP contribution is 2.35. The van der Waals surface area contributed by atoms with Crippen molar-refractivity contribution < 1.29 is 85.7 Å². The van der Waals surface area contributed by atoms with Crippen molar-refractivity contribution in [3.8, 4) is 0 Å². The summed E-state index contributed by atoms with van der Waals surface area (Å²) < 4.78 is 60.6. The number of methoxy groups -OCH3 is 1. The van der Waals surface area contributed by atoms with E-state index in [9.17, 15) is 33.6 Å². The van der Waals surface area contributed by atoms with E-state index in [1.54, 1.807) is 0 Å². The van der Waals surface area contributed by atoms with Gasteiger partial charge in [-0.2, -0.15) is 0 Å². The summed E-state index contributed by atoms with van der Waals surface area (Å²) in [5, 5.41) is 0. The van der Waals surface area contributed by atoms with Crippen molar-refractivity contribution in [2.24, 2.45) is 0 Å². The van der Waals surface area contributed by atoms with Crippen LogP contribution in [0.4, 0.5) is 0 Å². The van der Waals surface area contributed by atoms with Crippen LogP contribution in [0, 0.1) is 0 Å². The van der Waals surface area contributed by atoms with Crippen molar-refractivity contribution in [2.75, 3.05) is 20.3 Å². The maximum atomic E-state index is 12.2. The van der Waals surface area contributed by atoms with E-state index in [1.807, 2.05) is 0 Å². The second kappa shape index (κ2) is 17.0. The van der Waals surface area contributed by atoms with Gasteiger partial charge in [-0.05, 0) is 0 Å². The monoisotopic (exact) mass is 650 g/mol. The van der Waals surface area contributed by atoms with Crippen LogP contribution < -0.4 is 0 Å². The third kappa shape index (κ3) is 11.2. The molecule has 2 saturated heterocycles. The topological polar surface area (TPSA) is 221 Å². The predicted octanol–water partition coefficient (Wildman–Crippen LogP) is -0.747. The number of carbonyl (C=O) groups excluding carboxylic acids is 7. The van der Waals surface area contributed by atoms with Crippen molar-refractivity contribution in [1.82, 2.24) is 0 Å². The van der Waals surface area contributed by atoms with E-state index in [0.717, 1.165) is 48.5 Å². The average Bonchev–Trinajstić information content (AvgIpc) is 2.90. The highest BCUT2D eigenvalue weighted by Gasteiger charge is 2.57. The molecule has 0 saturated carbocycles. The van der Waals surface area contributed by atoms with Gasteiger partial charge in [0.2, 0.25) is 0 Å². The minimum Gasteiger partial charge on any atom is -0.463 e. The summed E-state index contributed by atoms with van der Waals surface area (Å²) in [5.74, 6) is -5.76. The number of rotatable bonds is 12. The first-order valence-electron chi connectivity index (χ1n) is 13.7. The minimum absolute atomic E-state index is 0.474. The summed E-state index contributed by atoms with van der Waals surface area (Å²) in [6.45, 7) is 6.47. The zero-order chi connectivity index (χ0) is 34.0. The van der Waals surface area contributed by atoms with Gasteiger partial charge >= 0.3 is 41.8 Å². The largest absolute Gasteiger partial charge is 0.463 e. The maximum absolute atomic E-state index is 12.2. The van der Waals surface area contributed by atoms with Gasteiger partial charge in [0, 0.05) is 55.6 Å². The van der Waals surface area contributed by atoms with Crippen molar-refractivity contribution in [2.45, 2.75) is 110 Å². The van der Waals surface area contributed by atoms with Gasteiger partial charge in [0.1, 0.15) is 31.5 Å². The van der Waals surface area contributed by atoms with Gasteiger partial charge in [0.25, 0.3) is 0 Å². The van der Waals surface area contributed by atoms with Crippen molar-refractivity contribution >= 4 is 41.8 Å². The summed E-state index contributed by atoms with van der Waals surface area (Å²) in [5.41, 5.74) is 0. The summed E-state index contributed by atoms with van der Waals surface area (Å²) >= 11 is 0. The molecular formula is C27H38O18. The van der Waals surface area contributed by atoms with E-state index >= 15 is 0 Å². The number of esters is 7. The second-order valence-corrected chi connectivity index (χ2v) is 9.90. The molecule has 10 unspecified atom stereocenters. The third-order valence-electron chi connectivity index (χ3n) is 6.12. The molecule has 0 spiro atoms. The summed E-state index contributed by atoms with van der Waals surface area (Å²) in [6.07, 6.45) is -15.1. The summed E-state index contributed by atoms with van der Waals surface area (Å²) in [4.78, 5) is 84.1. The highest BCUT2D eigenvalue weighted by atomic mass is 16.8. The van der Waals surface area contributed by atoms with E-state index in [1.165, 1.54) is 7.11 Å². The molecule has 2 aliphatic heterocycles. The molecule has 0 aromatic heterocycles. The van der Waals surface area contributed by atoms with E-state index in [2.05, 4.69) is 0 Å². The molecule has 0 aromatic carbocycles. The summed E-state index contributed by atoms with van der Waals surface area (Å²) in [6, 6.07) is 0. The Kier molecular flexibility index (Phi) is 14.1. The highest BCUT2D eigenvalue weighted by molar-refractivity contribution is 5.69. The van der Waals surface area contributed by atoms with Crippen molar-refractivity contribution in [3.63, 3.8) is 0 Å². The number of hydrogen-bond donors (Lipinski definition) is 0. The smallest absolute Gasteiger partial charge is 0.303 e. The van der Waals surface area contributed by atoms with Gasteiger partial charge in [0.05, 0.1) is 0 Å². The minimum atomic E-state index is -1.77. The van der Waals surface area contributed by atoms with Gasteiger partial charge in [0.15, 0.2) is 43.1 Å². The van der Waals surface area contributed by atoms with Crippen LogP contribution in [-0.2, 0) is 85.7 Å². The lowest BCUT2D eigenvalue weighted by atomic mass is 9.96. The normalized spacial score (nSPS) is 31.0. The van der Waals surface area contributed by atoms with Crippen LogP contribution in [0.5, 0.6) is 0 Å². The molecule has 254 valence electrons. The molecule has 2 rings (SSSR count). The molecular weight excluding hydrogens is 612 g/mol. The Morgan fingerprint density at radius 3 is 1.16 bits per heavy atom. The van der Waals surface area contributed by atoms with E-state index < -0.39 is 116 Å². The van der Waals surface area contributed by atoms with Crippen LogP contribution in [0.3, 0.4) is 0 Å². The first-order chi connectivity index (χ1) is 21.0. The Hall–Kier alpha value is -3.87. The van der Waals surface area contributed by atoms with Crippen LogP contribution in [0.2, 0.25) is 0 Å². The molecule has 10 atom stereocenters. The molecule has 2 aliphatic rings. The molecule has 0 radical (unpaired) electrons. The number of hydrogen-bond acceptors (Lipinski definition) is 18. The van der Waals surface area contributed by atoms with Crippen LogP contribution in [0.25, 0.3) is 0 Å². The lowest BCUT2D eigenvalue weighted by Gasteiger charge is -2.48. The van der Waals surface area contributed by atoms with Gasteiger partial charge in [-0.15, -0.1) is 0 Å². The van der Waals surface area contributed by atoms with Crippen LogP contribution in [-0.4, -0.2) is 124 Å². The number of ether oxygens (including phenoxy) is 11. The van der Waals surface area contributed by atoms with E-state index in [0.29, 0.717) is 0 Å². The fraction of sp³-hybridized carbons (Fsp3) is 0.741. The Morgan fingerprint density at radius 2 is 0.778 bits per heavy atom. The first kappa shape index (κ1) is 37.3. The Balaban J connectivity index is 2.70. The SMILES string of the molecule is COC1OC(COC(C)=O)C(OC(C)=O)C(OC2OC(COC(C)=O)C(OC(C)=O)C(OC(C)=O)C2OC(C)=O)C1OC(C)=O. The van der Waals surface area contributed by atoms with Gasteiger partial charge in [-0.1, -0.05) is 0 Å². The standard InChI is InChI=1S/C27H38O18/c1-11(28)36-9-18-21(39-14(4)31)23(24(41-16(6)33)26(35-8)43-18)45-27-25(42-17(7)34)22(40-15(5)32)20(38-13(3)30)19(44-27)10-37-12(2)29/h18-27H,9-10H2,1-8H3. The lowest BCUT2D eigenvalue weighted by molar-refractivity contribution is -0.360. The van der Waals surface area contributed by atoms with Gasteiger partial charge in [-0.25, -0.2) is 0 Å². The van der Waals surface area contributed by atoms with Crippen LogP contribution >= 0.6 is 0 Å². The molecule has 18 heteroatoms. The molecule has 2 fully saturated rings. The zero-order valence-corrected chi connectivity index (χ0v) is 26.0. The average molecular weight is 651 g/mol. The zero-order valence-electron chi connectivity index (χ0n) is 26.0. The molecule has 0 aliphatic carbocycles. The molecule has 0 N–H and O–H groups in total. The molecule has 0 amide bonds. The van der Waals surface area contributed by atoms with Crippen molar-refractivity contribution in [1.29, 1.82) is 0 Å². The maximum Gasteiger partial charge on any atom is 0.303 e. The Labute approximate surface area is 258 Å². The molecule has 45 heavy (non-hydrogen) atoms. The summed E-state index contributed by atoms with van der Waals surface area (Å²) in [7, 11) is 1.21. The predicted molar refractivity (Wildman–Crippen MR) is 140 cm³/mol. The Morgan fingerprint density at radius 1 is 0.444 bits per heavy atom. The fourth-order valence-corrected chi connectivity index (χ4v) is 4.66. The lowest BCUT2D eigenvalue weighted by Crippen LogP contribution is -2.67. The Bertz CT molecular complexity index is 1110. The fourth-order valence-electron chi connectivity index (χ4n) is 4.66. The van der Waals surface area contributed by atoms with Crippen molar-refractivity contribution in [3.05, 3.63) is 0 Å². The van der Waals surface area contributed by atoms with E-state index in [-0.39, 0.29) is 0 Å².